The van der Waals surface area contributed by atoms with Gasteiger partial charge in [0, 0.05) is 40.0 Å². The number of carbonyl (C=O) groups excluding carboxylic acids is 4. The number of anilines is 3. The quantitative estimate of drug-likeness (QED) is 0.0821. The van der Waals surface area contributed by atoms with E-state index in [-0.39, 0.29) is 28.1 Å². The van der Waals surface area contributed by atoms with Crippen LogP contribution in [0.5, 0.6) is 0 Å². The van der Waals surface area contributed by atoms with Gasteiger partial charge in [-0.2, -0.15) is 0 Å². The molecule has 0 aliphatic rings. The number of amides is 4. The minimum atomic E-state index is -0.699. The van der Waals surface area contributed by atoms with Crippen LogP contribution >= 0.6 is 23.4 Å². The summed E-state index contributed by atoms with van der Waals surface area (Å²) in [5, 5.41) is 10.4. The van der Waals surface area contributed by atoms with Gasteiger partial charge >= 0.3 is 0 Å². The SMILES string of the molecule is CC(=O)Nc1ccc(NC(=O)C(Sc2ccc(NC(=O)/C(=C/c3c(F)cccc3Cl)NC(=O)c3ccccc3)cc2)c2ccccc2)cc1. The molecule has 49 heavy (non-hydrogen) atoms. The van der Waals surface area contributed by atoms with E-state index in [4.69, 9.17) is 11.6 Å². The molecule has 5 aromatic carbocycles. The summed E-state index contributed by atoms with van der Waals surface area (Å²) in [7, 11) is 0. The number of hydrogen-bond donors (Lipinski definition) is 4. The summed E-state index contributed by atoms with van der Waals surface area (Å²) in [6.07, 6.45) is 1.19. The fourth-order valence-electron chi connectivity index (χ4n) is 4.64. The summed E-state index contributed by atoms with van der Waals surface area (Å²) < 4.78 is 14.7. The zero-order chi connectivity index (χ0) is 34.8. The van der Waals surface area contributed by atoms with Crippen molar-refractivity contribution < 1.29 is 23.6 Å². The van der Waals surface area contributed by atoms with Gasteiger partial charge in [0.05, 0.1) is 5.02 Å². The lowest BCUT2D eigenvalue weighted by Gasteiger charge is -2.18. The van der Waals surface area contributed by atoms with Crippen LogP contribution in [0.4, 0.5) is 21.5 Å². The van der Waals surface area contributed by atoms with Crippen molar-refractivity contribution in [3.05, 3.63) is 161 Å². The molecule has 0 heterocycles. The second-order valence-electron chi connectivity index (χ2n) is 10.6. The third-order valence-corrected chi connectivity index (χ3v) is 8.59. The van der Waals surface area contributed by atoms with E-state index in [1.54, 1.807) is 78.9 Å². The molecule has 0 fully saturated rings. The summed E-state index contributed by atoms with van der Waals surface area (Å²) in [6.45, 7) is 1.42. The maximum absolute atomic E-state index is 14.7. The van der Waals surface area contributed by atoms with Crippen LogP contribution in [0.25, 0.3) is 6.08 Å². The van der Waals surface area contributed by atoms with Crippen molar-refractivity contribution in [2.75, 3.05) is 16.0 Å². The van der Waals surface area contributed by atoms with Crippen LogP contribution in [0, 0.1) is 5.82 Å². The normalized spacial score (nSPS) is 11.6. The number of nitrogens with one attached hydrogen (secondary N) is 4. The Morgan fingerprint density at radius 2 is 1.27 bits per heavy atom. The first-order valence-electron chi connectivity index (χ1n) is 15.0. The van der Waals surface area contributed by atoms with Crippen molar-refractivity contribution in [1.82, 2.24) is 5.32 Å². The molecule has 0 saturated carbocycles. The fraction of sp³-hybridized carbons (Fsp3) is 0.0526. The summed E-state index contributed by atoms with van der Waals surface area (Å²) in [5.41, 5.74) is 2.40. The first kappa shape index (κ1) is 34.6. The van der Waals surface area contributed by atoms with Crippen LogP contribution in [-0.2, 0) is 14.4 Å². The lowest BCUT2D eigenvalue weighted by atomic mass is 10.1. The Kier molecular flexibility index (Phi) is 11.6. The van der Waals surface area contributed by atoms with Crippen molar-refractivity contribution >= 4 is 70.1 Å². The first-order chi connectivity index (χ1) is 23.7. The molecule has 0 spiro atoms. The molecule has 11 heteroatoms. The summed E-state index contributed by atoms with van der Waals surface area (Å²) >= 11 is 7.53. The molecule has 4 amide bonds. The largest absolute Gasteiger partial charge is 0.326 e. The van der Waals surface area contributed by atoms with E-state index in [0.29, 0.717) is 22.6 Å². The Labute approximate surface area is 291 Å². The lowest BCUT2D eigenvalue weighted by molar-refractivity contribution is -0.116. The molecule has 5 rings (SSSR count). The van der Waals surface area contributed by atoms with E-state index in [2.05, 4.69) is 21.3 Å². The van der Waals surface area contributed by atoms with Gasteiger partial charge in [0.1, 0.15) is 16.8 Å². The van der Waals surface area contributed by atoms with Crippen molar-refractivity contribution in [3.63, 3.8) is 0 Å². The number of hydrogen-bond acceptors (Lipinski definition) is 5. The molecule has 0 bridgehead atoms. The number of rotatable bonds is 11. The first-order valence-corrected chi connectivity index (χ1v) is 16.3. The molecule has 0 aliphatic heterocycles. The molecule has 0 aliphatic carbocycles. The maximum Gasteiger partial charge on any atom is 0.272 e. The summed E-state index contributed by atoms with van der Waals surface area (Å²) in [5.74, 6) is -2.36. The maximum atomic E-state index is 14.7. The highest BCUT2D eigenvalue weighted by Crippen LogP contribution is 2.37. The van der Waals surface area contributed by atoms with E-state index in [0.717, 1.165) is 10.5 Å². The third kappa shape index (κ3) is 9.66. The van der Waals surface area contributed by atoms with E-state index in [1.807, 2.05) is 30.3 Å². The highest BCUT2D eigenvalue weighted by Gasteiger charge is 2.23. The summed E-state index contributed by atoms with van der Waals surface area (Å²) in [4.78, 5) is 52.0. The minimum Gasteiger partial charge on any atom is -0.326 e. The topological polar surface area (TPSA) is 116 Å². The van der Waals surface area contributed by atoms with Crippen LogP contribution in [0.15, 0.2) is 138 Å². The average Bonchev–Trinajstić information content (AvgIpc) is 3.10. The summed E-state index contributed by atoms with van der Waals surface area (Å²) in [6, 6.07) is 35.4. The minimum absolute atomic E-state index is 0.0525. The fourth-order valence-corrected chi connectivity index (χ4v) is 5.88. The van der Waals surface area contributed by atoms with E-state index in [1.165, 1.54) is 43.0 Å². The second-order valence-corrected chi connectivity index (χ2v) is 12.2. The van der Waals surface area contributed by atoms with Gasteiger partial charge in [0.25, 0.3) is 11.8 Å². The van der Waals surface area contributed by atoms with Crippen molar-refractivity contribution in [1.29, 1.82) is 0 Å². The Morgan fingerprint density at radius 3 is 1.88 bits per heavy atom. The Morgan fingerprint density at radius 1 is 0.694 bits per heavy atom. The Balaban J connectivity index is 1.33. The molecular formula is C38H30ClFN4O4S. The van der Waals surface area contributed by atoms with Crippen LogP contribution in [0.3, 0.4) is 0 Å². The predicted octanol–water partition coefficient (Wildman–Crippen LogP) is 8.32. The Bertz CT molecular complexity index is 1970. The van der Waals surface area contributed by atoms with Gasteiger partial charge < -0.3 is 21.3 Å². The van der Waals surface area contributed by atoms with Gasteiger partial charge in [0.2, 0.25) is 11.8 Å². The Hall–Kier alpha value is -5.71. The van der Waals surface area contributed by atoms with E-state index >= 15 is 0 Å². The number of halogens is 2. The molecule has 8 nitrogen and oxygen atoms in total. The molecule has 1 atom stereocenters. The molecule has 246 valence electrons. The zero-order valence-electron chi connectivity index (χ0n) is 26.1. The standard InChI is InChI=1S/C38H30ClFN4O4S/c1-24(45)41-27-15-17-28(18-16-27)43-38(48)35(25-9-4-2-5-10-25)49-30-21-19-29(20-22-30)42-37(47)34(23-31-32(39)13-8-14-33(31)40)44-36(46)26-11-6-3-7-12-26/h2-23,35H,1H3,(H,41,45)(H,42,47)(H,43,48)(H,44,46)/b34-23-. The molecular weight excluding hydrogens is 663 g/mol. The molecule has 0 aromatic heterocycles. The van der Waals surface area contributed by atoms with Gasteiger partial charge in [0.15, 0.2) is 0 Å². The molecule has 1 unspecified atom stereocenters. The highest BCUT2D eigenvalue weighted by molar-refractivity contribution is 8.00. The van der Waals surface area contributed by atoms with Crippen LogP contribution in [0.1, 0.15) is 33.7 Å². The van der Waals surface area contributed by atoms with E-state index in [9.17, 15) is 23.6 Å². The number of carbonyl (C=O) groups is 4. The molecule has 4 N–H and O–H groups in total. The van der Waals surface area contributed by atoms with Crippen LogP contribution < -0.4 is 21.3 Å². The van der Waals surface area contributed by atoms with Gasteiger partial charge in [-0.25, -0.2) is 4.39 Å². The van der Waals surface area contributed by atoms with Crippen LogP contribution in [0.2, 0.25) is 5.02 Å². The van der Waals surface area contributed by atoms with Gasteiger partial charge in [-0.1, -0.05) is 66.2 Å². The highest BCUT2D eigenvalue weighted by atomic mass is 35.5. The average molecular weight is 693 g/mol. The smallest absolute Gasteiger partial charge is 0.272 e. The van der Waals surface area contributed by atoms with Gasteiger partial charge in [-0.05, 0) is 84.4 Å². The molecule has 0 saturated heterocycles. The van der Waals surface area contributed by atoms with E-state index < -0.39 is 22.9 Å². The van der Waals surface area contributed by atoms with Crippen LogP contribution in [-0.4, -0.2) is 23.6 Å². The number of benzene rings is 5. The van der Waals surface area contributed by atoms with Crippen molar-refractivity contribution in [2.24, 2.45) is 0 Å². The second kappa shape index (κ2) is 16.4. The van der Waals surface area contributed by atoms with Crippen molar-refractivity contribution in [3.8, 4) is 0 Å². The third-order valence-electron chi connectivity index (χ3n) is 7.00. The molecule has 5 aromatic rings. The molecule has 0 radical (unpaired) electrons. The lowest BCUT2D eigenvalue weighted by Crippen LogP contribution is -2.30. The van der Waals surface area contributed by atoms with Gasteiger partial charge in [-0.15, -0.1) is 11.8 Å². The van der Waals surface area contributed by atoms with Gasteiger partial charge in [-0.3, -0.25) is 19.2 Å². The predicted molar refractivity (Wildman–Crippen MR) is 193 cm³/mol. The van der Waals surface area contributed by atoms with Crippen molar-refractivity contribution in [2.45, 2.75) is 17.1 Å². The number of thioether (sulfide) groups is 1. The zero-order valence-corrected chi connectivity index (χ0v) is 27.6. The monoisotopic (exact) mass is 692 g/mol.